The van der Waals surface area contributed by atoms with Gasteiger partial charge in [0.15, 0.2) is 11.6 Å². The number of hydrogen-bond acceptors (Lipinski definition) is 2. The van der Waals surface area contributed by atoms with E-state index in [1.54, 1.807) is 19.2 Å². The quantitative estimate of drug-likeness (QED) is 0.734. The molecule has 0 fully saturated rings. The molecule has 13 heavy (non-hydrogen) atoms. The predicted octanol–water partition coefficient (Wildman–Crippen LogP) is 1.99. The molecular weight excluding hydrogens is 169 g/mol. The Labute approximate surface area is 77.4 Å². The molecule has 72 valence electrons. The van der Waals surface area contributed by atoms with Gasteiger partial charge in [0.2, 0.25) is 0 Å². The topological polar surface area (TPSA) is 32.3 Å². The van der Waals surface area contributed by atoms with Crippen LogP contribution >= 0.6 is 0 Å². The molecule has 2 N–H and O–H groups in total. The lowest BCUT2D eigenvalue weighted by Crippen LogP contribution is -2.33. The number of para-hydroxylation sites is 1. The number of halogens is 1. The van der Waals surface area contributed by atoms with Crippen molar-refractivity contribution in [2.24, 2.45) is 0 Å². The molecule has 0 aliphatic rings. The number of hydrogen-bond donors (Lipinski definition) is 2. The Morgan fingerprint density at radius 2 is 2.00 bits per heavy atom. The maximum absolute atomic E-state index is 13.0. The van der Waals surface area contributed by atoms with E-state index >= 15 is 0 Å². The monoisotopic (exact) mass is 183 g/mol. The molecule has 0 bridgehead atoms. The van der Waals surface area contributed by atoms with Gasteiger partial charge in [-0.25, -0.2) is 4.39 Å². The molecule has 0 aliphatic heterocycles. The molecule has 1 rings (SSSR count). The van der Waals surface area contributed by atoms with Crippen LogP contribution in [0.4, 0.5) is 4.39 Å². The molecule has 1 aromatic rings. The highest BCUT2D eigenvalue weighted by molar-refractivity contribution is 5.38. The number of nitrogens with one attached hydrogen (secondary N) is 1. The Hall–Kier alpha value is -1.09. The van der Waals surface area contributed by atoms with Crippen LogP contribution in [0, 0.1) is 5.82 Å². The summed E-state index contributed by atoms with van der Waals surface area (Å²) in [7, 11) is 1.77. The lowest BCUT2D eigenvalue weighted by atomic mass is 9.93. The highest BCUT2D eigenvalue weighted by Gasteiger charge is 2.22. The van der Waals surface area contributed by atoms with Crippen LogP contribution in [0.15, 0.2) is 18.2 Å². The average Bonchev–Trinajstić information content (AvgIpc) is 2.09. The predicted molar refractivity (Wildman–Crippen MR) is 50.2 cm³/mol. The Balaban J connectivity index is 3.22. The van der Waals surface area contributed by atoms with E-state index in [1.807, 2.05) is 13.8 Å². The van der Waals surface area contributed by atoms with Crippen LogP contribution < -0.4 is 5.32 Å². The molecular formula is C10H14FNO. The van der Waals surface area contributed by atoms with Crippen LogP contribution in [0.25, 0.3) is 0 Å². The zero-order chi connectivity index (χ0) is 10.1. The first kappa shape index (κ1) is 9.99. The Bertz CT molecular complexity index is 310. The smallest absolute Gasteiger partial charge is 0.165 e. The summed E-state index contributed by atoms with van der Waals surface area (Å²) in [6, 6.07) is 4.53. The molecule has 0 atom stereocenters. The molecule has 0 unspecified atom stereocenters. The SMILES string of the molecule is CNC(C)(C)c1cccc(F)c1O. The molecule has 3 heteroatoms. The van der Waals surface area contributed by atoms with Crippen molar-refractivity contribution in [3.05, 3.63) is 29.6 Å². The maximum atomic E-state index is 13.0. The molecule has 0 aliphatic carbocycles. The number of benzene rings is 1. The van der Waals surface area contributed by atoms with Crippen molar-refractivity contribution < 1.29 is 9.50 Å². The molecule has 0 aromatic heterocycles. The Morgan fingerprint density at radius 1 is 1.38 bits per heavy atom. The minimum atomic E-state index is -0.583. The zero-order valence-electron chi connectivity index (χ0n) is 8.06. The molecule has 0 spiro atoms. The van der Waals surface area contributed by atoms with Gasteiger partial charge in [0.1, 0.15) is 0 Å². The van der Waals surface area contributed by atoms with Crippen molar-refractivity contribution in [1.29, 1.82) is 0 Å². The van der Waals surface area contributed by atoms with E-state index in [1.165, 1.54) is 6.07 Å². The summed E-state index contributed by atoms with van der Waals surface area (Å²) < 4.78 is 13.0. The summed E-state index contributed by atoms with van der Waals surface area (Å²) in [4.78, 5) is 0. The van der Waals surface area contributed by atoms with Gasteiger partial charge in [-0.15, -0.1) is 0 Å². The second kappa shape index (κ2) is 3.34. The summed E-state index contributed by atoms with van der Waals surface area (Å²) in [5.41, 5.74) is 0.140. The van der Waals surface area contributed by atoms with Gasteiger partial charge in [-0.1, -0.05) is 12.1 Å². The van der Waals surface area contributed by atoms with Gasteiger partial charge in [-0.05, 0) is 27.0 Å². The molecule has 0 amide bonds. The molecule has 0 saturated heterocycles. The highest BCUT2D eigenvalue weighted by Crippen LogP contribution is 2.30. The Morgan fingerprint density at radius 3 is 2.54 bits per heavy atom. The van der Waals surface area contributed by atoms with Gasteiger partial charge in [-0.2, -0.15) is 0 Å². The maximum Gasteiger partial charge on any atom is 0.165 e. The third-order valence-electron chi connectivity index (χ3n) is 2.29. The molecule has 2 nitrogen and oxygen atoms in total. The standard InChI is InChI=1S/C10H14FNO/c1-10(2,12-3)7-5-4-6-8(11)9(7)13/h4-6,12-13H,1-3H3. The second-order valence-corrected chi connectivity index (χ2v) is 3.51. The first-order valence-electron chi connectivity index (χ1n) is 4.16. The van der Waals surface area contributed by atoms with E-state index in [9.17, 15) is 9.50 Å². The summed E-state index contributed by atoms with van der Waals surface area (Å²) in [6.07, 6.45) is 0. The van der Waals surface area contributed by atoms with Crippen molar-refractivity contribution in [2.75, 3.05) is 7.05 Å². The fourth-order valence-corrected chi connectivity index (χ4v) is 1.15. The number of aromatic hydroxyl groups is 1. The first-order valence-corrected chi connectivity index (χ1v) is 4.16. The van der Waals surface area contributed by atoms with Crippen LogP contribution in [0.1, 0.15) is 19.4 Å². The van der Waals surface area contributed by atoms with Crippen molar-refractivity contribution in [3.63, 3.8) is 0 Å². The van der Waals surface area contributed by atoms with Crippen LogP contribution in [0.2, 0.25) is 0 Å². The number of phenols is 1. The summed E-state index contributed by atoms with van der Waals surface area (Å²) in [6.45, 7) is 3.75. The van der Waals surface area contributed by atoms with Gasteiger partial charge in [-0.3, -0.25) is 0 Å². The van der Waals surface area contributed by atoms with E-state index in [2.05, 4.69) is 5.32 Å². The summed E-state index contributed by atoms with van der Waals surface area (Å²) >= 11 is 0. The fourth-order valence-electron chi connectivity index (χ4n) is 1.15. The van der Waals surface area contributed by atoms with E-state index in [-0.39, 0.29) is 5.75 Å². The van der Waals surface area contributed by atoms with Crippen LogP contribution in [0.3, 0.4) is 0 Å². The van der Waals surface area contributed by atoms with Gasteiger partial charge in [0.25, 0.3) is 0 Å². The summed E-state index contributed by atoms with van der Waals surface area (Å²) in [5, 5.41) is 12.4. The van der Waals surface area contributed by atoms with Gasteiger partial charge in [0, 0.05) is 11.1 Å². The van der Waals surface area contributed by atoms with Crippen molar-refractivity contribution in [2.45, 2.75) is 19.4 Å². The first-order chi connectivity index (χ1) is 5.99. The molecule has 0 saturated carbocycles. The van der Waals surface area contributed by atoms with E-state index in [0.29, 0.717) is 5.56 Å². The average molecular weight is 183 g/mol. The fraction of sp³-hybridized carbons (Fsp3) is 0.400. The zero-order valence-corrected chi connectivity index (χ0v) is 8.06. The van der Waals surface area contributed by atoms with Gasteiger partial charge in [0.05, 0.1) is 0 Å². The Kier molecular flexibility index (Phi) is 2.57. The molecule has 0 heterocycles. The third kappa shape index (κ3) is 1.80. The van der Waals surface area contributed by atoms with Crippen LogP contribution in [-0.2, 0) is 5.54 Å². The van der Waals surface area contributed by atoms with Gasteiger partial charge < -0.3 is 10.4 Å². The highest BCUT2D eigenvalue weighted by atomic mass is 19.1. The number of rotatable bonds is 2. The molecule has 1 aromatic carbocycles. The summed E-state index contributed by atoms with van der Waals surface area (Å²) in [5.74, 6) is -0.859. The lowest BCUT2D eigenvalue weighted by molar-refractivity contribution is 0.380. The minimum Gasteiger partial charge on any atom is -0.505 e. The minimum absolute atomic E-state index is 0.276. The van der Waals surface area contributed by atoms with Crippen molar-refractivity contribution in [3.8, 4) is 5.75 Å². The third-order valence-corrected chi connectivity index (χ3v) is 2.29. The van der Waals surface area contributed by atoms with Gasteiger partial charge >= 0.3 is 0 Å². The molecule has 0 radical (unpaired) electrons. The van der Waals surface area contributed by atoms with E-state index in [0.717, 1.165) is 0 Å². The number of phenolic OH excluding ortho intramolecular Hbond substituents is 1. The normalized spacial score (nSPS) is 11.7. The van der Waals surface area contributed by atoms with Crippen molar-refractivity contribution in [1.82, 2.24) is 5.32 Å². The largest absolute Gasteiger partial charge is 0.505 e. The van der Waals surface area contributed by atoms with E-state index < -0.39 is 11.4 Å². The van der Waals surface area contributed by atoms with E-state index in [4.69, 9.17) is 0 Å². The van der Waals surface area contributed by atoms with Crippen LogP contribution in [-0.4, -0.2) is 12.2 Å². The van der Waals surface area contributed by atoms with Crippen molar-refractivity contribution >= 4 is 0 Å². The second-order valence-electron chi connectivity index (χ2n) is 3.51. The lowest BCUT2D eigenvalue weighted by Gasteiger charge is -2.25. The van der Waals surface area contributed by atoms with Crippen LogP contribution in [0.5, 0.6) is 5.75 Å².